The third-order valence-corrected chi connectivity index (χ3v) is 4.31. The molecular weight excluding hydrogens is 334 g/mol. The molecule has 0 amide bonds. The van der Waals surface area contributed by atoms with E-state index in [2.05, 4.69) is 5.32 Å². The van der Waals surface area contributed by atoms with Gasteiger partial charge in [0.05, 0.1) is 16.9 Å². The first kappa shape index (κ1) is 17.7. The maximum absolute atomic E-state index is 11.3. The molecule has 0 bridgehead atoms. The highest BCUT2D eigenvalue weighted by atomic mass is 32.2. The van der Waals surface area contributed by atoms with Gasteiger partial charge >= 0.3 is 0 Å². The minimum atomic E-state index is -4.00. The lowest BCUT2D eigenvalue weighted by Crippen LogP contribution is -2.13. The summed E-state index contributed by atoms with van der Waals surface area (Å²) >= 11 is 0. The molecule has 0 aromatic heterocycles. The molecule has 0 aliphatic rings. The number of benzene rings is 2. The molecule has 2 aromatic rings. The Balaban J connectivity index is 2.16. The maximum Gasteiger partial charge on any atom is 0.293 e. The number of nitrogens with two attached hydrogens (primary N) is 1. The molecule has 0 saturated heterocycles. The number of methoxy groups -OCH3 is 1. The van der Waals surface area contributed by atoms with E-state index in [9.17, 15) is 18.5 Å². The van der Waals surface area contributed by atoms with E-state index in [1.54, 1.807) is 7.11 Å². The van der Waals surface area contributed by atoms with Crippen molar-refractivity contribution in [3.05, 3.63) is 58.1 Å². The van der Waals surface area contributed by atoms with Gasteiger partial charge in [-0.3, -0.25) is 10.1 Å². The minimum Gasteiger partial charge on any atom is -0.496 e. The fraction of sp³-hybridized carbons (Fsp3) is 0.200. The summed E-state index contributed by atoms with van der Waals surface area (Å²) in [7, 11) is -2.42. The smallest absolute Gasteiger partial charge is 0.293 e. The fourth-order valence-electron chi connectivity index (χ4n) is 2.23. The molecule has 0 heterocycles. The molecule has 128 valence electrons. The molecule has 0 spiro atoms. The number of anilines is 1. The number of rotatable bonds is 7. The molecule has 0 unspecified atom stereocenters. The first-order valence-corrected chi connectivity index (χ1v) is 8.54. The Labute approximate surface area is 139 Å². The molecule has 24 heavy (non-hydrogen) atoms. The van der Waals surface area contributed by atoms with Crippen molar-refractivity contribution in [2.75, 3.05) is 19.0 Å². The number of hydrogen-bond donors (Lipinski definition) is 2. The maximum atomic E-state index is 11.3. The normalized spacial score (nSPS) is 11.1. The number of nitrogens with zero attached hydrogens (tertiary/aromatic N) is 1. The number of nitro benzene ring substituents is 1. The zero-order valence-corrected chi connectivity index (χ0v) is 13.7. The molecule has 0 fully saturated rings. The van der Waals surface area contributed by atoms with Gasteiger partial charge in [0.2, 0.25) is 10.0 Å². The van der Waals surface area contributed by atoms with Crippen LogP contribution in [0.3, 0.4) is 0 Å². The highest BCUT2D eigenvalue weighted by molar-refractivity contribution is 7.89. The van der Waals surface area contributed by atoms with Crippen LogP contribution in [0.25, 0.3) is 0 Å². The van der Waals surface area contributed by atoms with E-state index in [1.165, 1.54) is 12.1 Å². The molecule has 2 rings (SSSR count). The average Bonchev–Trinajstić information content (AvgIpc) is 2.54. The summed E-state index contributed by atoms with van der Waals surface area (Å²) in [5, 5.41) is 19.1. The Kier molecular flexibility index (Phi) is 5.37. The van der Waals surface area contributed by atoms with Gasteiger partial charge in [-0.1, -0.05) is 18.2 Å². The average molecular weight is 351 g/mol. The van der Waals surface area contributed by atoms with Crippen LogP contribution in [0.4, 0.5) is 11.4 Å². The predicted molar refractivity (Wildman–Crippen MR) is 89.7 cm³/mol. The van der Waals surface area contributed by atoms with Gasteiger partial charge in [-0.15, -0.1) is 0 Å². The van der Waals surface area contributed by atoms with Crippen molar-refractivity contribution in [2.45, 2.75) is 11.3 Å². The van der Waals surface area contributed by atoms with Crippen LogP contribution in [0.1, 0.15) is 5.56 Å². The van der Waals surface area contributed by atoms with E-state index in [4.69, 9.17) is 9.88 Å². The lowest BCUT2D eigenvalue weighted by atomic mass is 10.1. The third kappa shape index (κ3) is 4.21. The standard InChI is InChI=1S/C15H17N3O5S/c1-23-15-5-3-2-4-11(15)8-9-17-13-7-6-12(24(16,21)22)10-14(13)18(19)20/h2-7,10,17H,8-9H2,1H3,(H2,16,21,22). The first-order chi connectivity index (χ1) is 11.3. The number of hydrogen-bond acceptors (Lipinski definition) is 6. The Hall–Kier alpha value is -2.65. The Morgan fingerprint density at radius 2 is 1.96 bits per heavy atom. The molecule has 3 N–H and O–H groups in total. The van der Waals surface area contributed by atoms with Gasteiger partial charge < -0.3 is 10.1 Å². The van der Waals surface area contributed by atoms with Crippen molar-refractivity contribution >= 4 is 21.4 Å². The fourth-order valence-corrected chi connectivity index (χ4v) is 2.76. The van der Waals surface area contributed by atoms with Crippen LogP contribution in [-0.2, 0) is 16.4 Å². The van der Waals surface area contributed by atoms with Crippen LogP contribution < -0.4 is 15.2 Å². The second-order valence-electron chi connectivity index (χ2n) is 4.97. The number of nitro groups is 1. The quantitative estimate of drug-likeness (QED) is 0.580. The van der Waals surface area contributed by atoms with Crippen LogP contribution in [0.2, 0.25) is 0 Å². The van der Waals surface area contributed by atoms with Crippen LogP contribution in [0.15, 0.2) is 47.4 Å². The third-order valence-electron chi connectivity index (χ3n) is 3.40. The summed E-state index contributed by atoms with van der Waals surface area (Å²) < 4.78 is 27.9. The molecule has 0 atom stereocenters. The van der Waals surface area contributed by atoms with Crippen molar-refractivity contribution in [1.29, 1.82) is 0 Å². The van der Waals surface area contributed by atoms with Gasteiger partial charge in [0, 0.05) is 12.6 Å². The zero-order chi connectivity index (χ0) is 17.7. The second kappa shape index (κ2) is 7.28. The summed E-state index contributed by atoms with van der Waals surface area (Å²) in [6.45, 7) is 0.413. The molecular formula is C15H17N3O5S. The van der Waals surface area contributed by atoms with E-state index in [0.717, 1.165) is 17.4 Å². The molecule has 0 aliphatic carbocycles. The largest absolute Gasteiger partial charge is 0.496 e. The van der Waals surface area contributed by atoms with Crippen LogP contribution in [0, 0.1) is 10.1 Å². The number of nitrogens with one attached hydrogen (secondary N) is 1. The van der Waals surface area contributed by atoms with Crippen LogP contribution >= 0.6 is 0 Å². The summed E-state index contributed by atoms with van der Waals surface area (Å²) in [5.74, 6) is 0.735. The van der Waals surface area contributed by atoms with Gasteiger partial charge in [-0.2, -0.15) is 0 Å². The summed E-state index contributed by atoms with van der Waals surface area (Å²) in [6.07, 6.45) is 0.581. The number of primary sulfonamides is 1. The predicted octanol–water partition coefficient (Wildman–Crippen LogP) is 1.91. The minimum absolute atomic E-state index is 0.224. The molecule has 0 saturated carbocycles. The number of ether oxygens (including phenoxy) is 1. The lowest BCUT2D eigenvalue weighted by molar-refractivity contribution is -0.384. The summed E-state index contributed by atoms with van der Waals surface area (Å²) in [5.41, 5.74) is 0.833. The summed E-state index contributed by atoms with van der Waals surface area (Å²) in [4.78, 5) is 10.2. The van der Waals surface area contributed by atoms with Crippen LogP contribution in [-0.4, -0.2) is 27.0 Å². The van der Waals surface area contributed by atoms with Gasteiger partial charge in [0.25, 0.3) is 5.69 Å². The highest BCUT2D eigenvalue weighted by Gasteiger charge is 2.18. The molecule has 8 nitrogen and oxygen atoms in total. The van der Waals surface area contributed by atoms with E-state index >= 15 is 0 Å². The van der Waals surface area contributed by atoms with Gasteiger partial charge in [-0.25, -0.2) is 13.6 Å². The van der Waals surface area contributed by atoms with Crippen molar-refractivity contribution in [1.82, 2.24) is 0 Å². The monoisotopic (exact) mass is 351 g/mol. The van der Waals surface area contributed by atoms with E-state index in [-0.39, 0.29) is 16.3 Å². The highest BCUT2D eigenvalue weighted by Crippen LogP contribution is 2.27. The molecule has 2 aromatic carbocycles. The second-order valence-corrected chi connectivity index (χ2v) is 6.53. The van der Waals surface area contributed by atoms with Crippen molar-refractivity contribution in [3.8, 4) is 5.75 Å². The van der Waals surface area contributed by atoms with Crippen molar-refractivity contribution in [2.24, 2.45) is 5.14 Å². The molecule has 0 aliphatic heterocycles. The Bertz CT molecular complexity index is 852. The number of para-hydroxylation sites is 1. The van der Waals surface area contributed by atoms with E-state index < -0.39 is 14.9 Å². The van der Waals surface area contributed by atoms with Gasteiger partial charge in [0.15, 0.2) is 0 Å². The van der Waals surface area contributed by atoms with Crippen molar-refractivity contribution < 1.29 is 18.1 Å². The first-order valence-electron chi connectivity index (χ1n) is 7.00. The summed E-state index contributed by atoms with van der Waals surface area (Å²) in [6, 6.07) is 11.0. The topological polar surface area (TPSA) is 125 Å². The zero-order valence-electron chi connectivity index (χ0n) is 12.9. The lowest BCUT2D eigenvalue weighted by Gasteiger charge is -2.10. The Morgan fingerprint density at radius 1 is 1.25 bits per heavy atom. The van der Waals surface area contributed by atoms with Gasteiger partial charge in [0.1, 0.15) is 11.4 Å². The van der Waals surface area contributed by atoms with Crippen molar-refractivity contribution in [3.63, 3.8) is 0 Å². The van der Waals surface area contributed by atoms with E-state index in [0.29, 0.717) is 13.0 Å². The number of sulfonamides is 1. The Morgan fingerprint density at radius 3 is 2.58 bits per heavy atom. The van der Waals surface area contributed by atoms with Gasteiger partial charge in [-0.05, 0) is 30.2 Å². The SMILES string of the molecule is COc1ccccc1CCNc1ccc(S(N)(=O)=O)cc1[N+](=O)[O-]. The van der Waals surface area contributed by atoms with Crippen LogP contribution in [0.5, 0.6) is 5.75 Å². The van der Waals surface area contributed by atoms with E-state index in [1.807, 2.05) is 24.3 Å². The molecule has 9 heteroatoms. The molecule has 0 radical (unpaired) electrons.